The molecule has 7 nitrogen and oxygen atoms in total. The first-order valence-electron chi connectivity index (χ1n) is 10.7. The number of hydrogen-bond donors (Lipinski definition) is 2. The van der Waals surface area contributed by atoms with Gasteiger partial charge in [0, 0.05) is 25.7 Å². The lowest BCUT2D eigenvalue weighted by molar-refractivity contribution is -0.139. The van der Waals surface area contributed by atoms with E-state index >= 15 is 0 Å². The Bertz CT molecular complexity index is 1060. The van der Waals surface area contributed by atoms with Crippen LogP contribution in [-0.2, 0) is 26.2 Å². The van der Waals surface area contributed by atoms with E-state index in [2.05, 4.69) is 10.6 Å². The van der Waals surface area contributed by atoms with Crippen LogP contribution in [0.2, 0.25) is 0 Å². The first kappa shape index (κ1) is 23.9. The van der Waals surface area contributed by atoms with Gasteiger partial charge in [0.15, 0.2) is 0 Å². The largest absolute Gasteiger partial charge is 0.348 e. The Labute approximate surface area is 188 Å². The number of nitrogens with one attached hydrogen (secondary N) is 2. The molecule has 3 rings (SSSR count). The zero-order valence-electron chi connectivity index (χ0n) is 18.0. The van der Waals surface area contributed by atoms with Crippen molar-refractivity contribution in [3.8, 4) is 0 Å². The van der Waals surface area contributed by atoms with Gasteiger partial charge in [0.2, 0.25) is 10.0 Å². The molecule has 0 bridgehead atoms. The molecule has 0 spiro atoms. The number of piperidine rings is 1. The number of carbonyl (C=O) groups is 2. The van der Waals surface area contributed by atoms with Crippen LogP contribution in [0.25, 0.3) is 0 Å². The normalized spacial score (nSPS) is 17.0. The van der Waals surface area contributed by atoms with Gasteiger partial charge in [-0.25, -0.2) is 12.8 Å². The Kier molecular flexibility index (Phi) is 7.98. The van der Waals surface area contributed by atoms with E-state index < -0.39 is 27.7 Å². The molecule has 0 aromatic heterocycles. The van der Waals surface area contributed by atoms with Gasteiger partial charge in [-0.3, -0.25) is 9.59 Å². The average Bonchev–Trinajstić information content (AvgIpc) is 2.80. The van der Waals surface area contributed by atoms with Crippen LogP contribution in [0.4, 0.5) is 4.39 Å². The first-order chi connectivity index (χ1) is 15.3. The molecule has 0 saturated carbocycles. The molecule has 1 unspecified atom stereocenters. The number of halogens is 1. The van der Waals surface area contributed by atoms with E-state index in [9.17, 15) is 22.4 Å². The number of rotatable bonds is 7. The van der Waals surface area contributed by atoms with Crippen LogP contribution in [0, 0.1) is 12.7 Å². The molecular weight excluding hydrogens is 433 g/mol. The summed E-state index contributed by atoms with van der Waals surface area (Å²) < 4.78 is 41.3. The minimum atomic E-state index is -3.78. The zero-order chi connectivity index (χ0) is 23.1. The molecule has 1 aliphatic rings. The summed E-state index contributed by atoms with van der Waals surface area (Å²) in [6, 6.07) is 12.7. The quantitative estimate of drug-likeness (QED) is 0.620. The van der Waals surface area contributed by atoms with Crippen molar-refractivity contribution in [1.82, 2.24) is 14.9 Å². The van der Waals surface area contributed by atoms with E-state index in [1.54, 1.807) is 0 Å². The summed E-state index contributed by atoms with van der Waals surface area (Å²) in [5.74, 6) is -1.93. The summed E-state index contributed by atoms with van der Waals surface area (Å²) >= 11 is 0. The van der Waals surface area contributed by atoms with Crippen molar-refractivity contribution in [2.24, 2.45) is 0 Å². The molecular formula is C23H28FN3O4S. The Morgan fingerprint density at radius 3 is 2.50 bits per heavy atom. The first-order valence-corrected chi connectivity index (χ1v) is 12.1. The SMILES string of the molecule is Cc1cc(S(=O)(=O)N2CCCCC2CCNC(=O)C(=O)NCc2ccccc2)ccc1F. The monoisotopic (exact) mass is 461 g/mol. The average molecular weight is 462 g/mol. The lowest BCUT2D eigenvalue weighted by Gasteiger charge is -2.34. The molecule has 2 N–H and O–H groups in total. The minimum absolute atomic E-state index is 0.0626. The van der Waals surface area contributed by atoms with Crippen molar-refractivity contribution in [3.05, 3.63) is 65.5 Å². The highest BCUT2D eigenvalue weighted by Crippen LogP contribution is 2.27. The van der Waals surface area contributed by atoms with Gasteiger partial charge in [-0.1, -0.05) is 36.8 Å². The maximum atomic E-state index is 13.6. The summed E-state index contributed by atoms with van der Waals surface area (Å²) in [7, 11) is -3.78. The van der Waals surface area contributed by atoms with E-state index in [-0.39, 0.29) is 29.6 Å². The van der Waals surface area contributed by atoms with Gasteiger partial charge >= 0.3 is 11.8 Å². The van der Waals surface area contributed by atoms with Gasteiger partial charge < -0.3 is 10.6 Å². The Morgan fingerprint density at radius 2 is 1.78 bits per heavy atom. The smallest absolute Gasteiger partial charge is 0.309 e. The summed E-state index contributed by atoms with van der Waals surface area (Å²) in [5.41, 5.74) is 1.15. The number of hydrogen-bond acceptors (Lipinski definition) is 4. The molecule has 1 saturated heterocycles. The van der Waals surface area contributed by atoms with Crippen LogP contribution in [0.1, 0.15) is 36.8 Å². The standard InChI is InChI=1S/C23H28FN3O4S/c1-17-15-20(10-11-21(17)24)32(30,31)27-14-6-5-9-19(27)12-13-25-22(28)23(29)26-16-18-7-3-2-4-8-18/h2-4,7-8,10-11,15,19H,5-6,9,12-14,16H2,1H3,(H,25,28)(H,26,29). The summed E-state index contributed by atoms with van der Waals surface area (Å²) in [4.78, 5) is 24.2. The third-order valence-corrected chi connectivity index (χ3v) is 7.52. The summed E-state index contributed by atoms with van der Waals surface area (Å²) in [5, 5.41) is 5.14. The Balaban J connectivity index is 1.55. The second-order valence-electron chi connectivity index (χ2n) is 7.89. The fourth-order valence-electron chi connectivity index (χ4n) is 3.78. The fraction of sp³-hybridized carbons (Fsp3) is 0.391. The van der Waals surface area contributed by atoms with Gasteiger partial charge in [0.1, 0.15) is 5.82 Å². The van der Waals surface area contributed by atoms with Gasteiger partial charge in [0.05, 0.1) is 4.90 Å². The minimum Gasteiger partial charge on any atom is -0.348 e. The molecule has 0 radical (unpaired) electrons. The molecule has 1 fully saturated rings. The number of nitrogens with zero attached hydrogens (tertiary/aromatic N) is 1. The van der Waals surface area contributed by atoms with Gasteiger partial charge in [0.25, 0.3) is 0 Å². The van der Waals surface area contributed by atoms with Crippen molar-refractivity contribution in [1.29, 1.82) is 0 Å². The van der Waals surface area contributed by atoms with Crippen molar-refractivity contribution in [2.75, 3.05) is 13.1 Å². The molecule has 1 aliphatic heterocycles. The van der Waals surface area contributed by atoms with Gasteiger partial charge in [-0.05, 0) is 55.5 Å². The third kappa shape index (κ3) is 5.92. The predicted molar refractivity (Wildman–Crippen MR) is 119 cm³/mol. The highest BCUT2D eigenvalue weighted by molar-refractivity contribution is 7.89. The molecule has 172 valence electrons. The second-order valence-corrected chi connectivity index (χ2v) is 9.78. The van der Waals surface area contributed by atoms with Crippen LogP contribution in [0.5, 0.6) is 0 Å². The lowest BCUT2D eigenvalue weighted by Crippen LogP contribution is -2.46. The molecule has 9 heteroatoms. The number of carbonyl (C=O) groups excluding carboxylic acids is 2. The van der Waals surface area contributed by atoms with E-state index in [1.165, 1.54) is 23.4 Å². The zero-order valence-corrected chi connectivity index (χ0v) is 18.8. The van der Waals surface area contributed by atoms with Crippen molar-refractivity contribution in [2.45, 2.75) is 50.1 Å². The molecule has 1 heterocycles. The van der Waals surface area contributed by atoms with E-state index in [1.807, 2.05) is 30.3 Å². The molecule has 2 aromatic carbocycles. The van der Waals surface area contributed by atoms with E-state index in [0.717, 1.165) is 24.5 Å². The summed E-state index contributed by atoms with van der Waals surface area (Å²) in [6.45, 7) is 2.32. The number of sulfonamides is 1. The van der Waals surface area contributed by atoms with Crippen LogP contribution in [0.3, 0.4) is 0 Å². The van der Waals surface area contributed by atoms with Crippen LogP contribution in [-0.4, -0.2) is 43.7 Å². The third-order valence-electron chi connectivity index (χ3n) is 5.57. The number of amides is 2. The van der Waals surface area contributed by atoms with E-state index in [0.29, 0.717) is 19.4 Å². The Hall–Kier alpha value is -2.78. The molecule has 0 aliphatic carbocycles. The highest BCUT2D eigenvalue weighted by Gasteiger charge is 2.33. The number of benzene rings is 2. The fourth-order valence-corrected chi connectivity index (χ4v) is 5.59. The second kappa shape index (κ2) is 10.7. The van der Waals surface area contributed by atoms with Crippen LogP contribution >= 0.6 is 0 Å². The maximum absolute atomic E-state index is 13.6. The molecule has 1 atom stereocenters. The Morgan fingerprint density at radius 1 is 1.06 bits per heavy atom. The molecule has 2 aromatic rings. The van der Waals surface area contributed by atoms with E-state index in [4.69, 9.17) is 0 Å². The van der Waals surface area contributed by atoms with Gasteiger partial charge in [-0.15, -0.1) is 0 Å². The van der Waals surface area contributed by atoms with Crippen molar-refractivity contribution in [3.63, 3.8) is 0 Å². The summed E-state index contributed by atoms with van der Waals surface area (Å²) in [6.07, 6.45) is 2.67. The molecule has 32 heavy (non-hydrogen) atoms. The van der Waals surface area contributed by atoms with Crippen LogP contribution < -0.4 is 10.6 Å². The highest BCUT2D eigenvalue weighted by atomic mass is 32.2. The van der Waals surface area contributed by atoms with Crippen LogP contribution in [0.15, 0.2) is 53.4 Å². The number of aryl methyl sites for hydroxylation is 1. The maximum Gasteiger partial charge on any atom is 0.309 e. The van der Waals surface area contributed by atoms with Crippen molar-refractivity contribution >= 4 is 21.8 Å². The lowest BCUT2D eigenvalue weighted by atomic mass is 10.0. The molecule has 2 amide bonds. The topological polar surface area (TPSA) is 95.6 Å². The van der Waals surface area contributed by atoms with Gasteiger partial charge in [-0.2, -0.15) is 4.31 Å². The predicted octanol–water partition coefficient (Wildman–Crippen LogP) is 2.50. The van der Waals surface area contributed by atoms with Crippen molar-refractivity contribution < 1.29 is 22.4 Å².